The Morgan fingerprint density at radius 2 is 2.07 bits per heavy atom. The second-order valence-corrected chi connectivity index (χ2v) is 3.68. The second-order valence-electron chi connectivity index (χ2n) is 3.68. The number of nitrogens with zero attached hydrogens (tertiary/aromatic N) is 1. The van der Waals surface area contributed by atoms with E-state index in [9.17, 15) is 0 Å². The minimum atomic E-state index is 0.185. The molecular formula is C12H11NO. The summed E-state index contributed by atoms with van der Waals surface area (Å²) in [4.78, 5) is 5.35. The van der Waals surface area contributed by atoms with Crippen molar-refractivity contribution >= 4 is 5.71 Å². The van der Waals surface area contributed by atoms with Crippen LogP contribution in [0.25, 0.3) is 0 Å². The first kappa shape index (κ1) is 7.80. The van der Waals surface area contributed by atoms with E-state index in [1.165, 1.54) is 5.56 Å². The number of fused-ring (bicyclic) bond motifs is 1. The zero-order valence-corrected chi connectivity index (χ0v) is 7.76. The molecule has 1 aromatic rings. The van der Waals surface area contributed by atoms with E-state index in [1.807, 2.05) is 18.2 Å². The molecule has 2 nitrogen and oxygen atoms in total. The van der Waals surface area contributed by atoms with Crippen molar-refractivity contribution in [3.05, 3.63) is 48.0 Å². The zero-order chi connectivity index (χ0) is 9.38. The second kappa shape index (κ2) is 2.98. The number of allylic oxidation sites excluding steroid dienone is 1. The normalized spacial score (nSPS) is 28.4. The van der Waals surface area contributed by atoms with E-state index in [1.54, 1.807) is 0 Å². The van der Waals surface area contributed by atoms with Gasteiger partial charge in [-0.25, -0.2) is 0 Å². The SMILES string of the molecule is C1=C[C@H]2ON=C(c3ccccc3)[C@H]2C1. The molecule has 0 spiro atoms. The highest BCUT2D eigenvalue weighted by Gasteiger charge is 2.35. The van der Waals surface area contributed by atoms with Gasteiger partial charge < -0.3 is 4.84 Å². The van der Waals surface area contributed by atoms with E-state index < -0.39 is 0 Å². The highest BCUT2D eigenvalue weighted by atomic mass is 16.6. The molecule has 0 saturated heterocycles. The fraction of sp³-hybridized carbons (Fsp3) is 0.250. The standard InChI is InChI=1S/C12H11NO/c1-2-5-9(6-3-1)12-10-7-4-8-11(10)14-13-12/h1-6,8,10-11H,7H2/t10-,11+/m0/s1. The van der Waals surface area contributed by atoms with E-state index in [2.05, 4.69) is 29.4 Å². The van der Waals surface area contributed by atoms with E-state index in [-0.39, 0.29) is 6.10 Å². The number of hydrogen-bond acceptors (Lipinski definition) is 2. The molecule has 14 heavy (non-hydrogen) atoms. The topological polar surface area (TPSA) is 21.6 Å². The Balaban J connectivity index is 1.94. The third-order valence-electron chi connectivity index (χ3n) is 2.81. The molecule has 0 radical (unpaired) electrons. The van der Waals surface area contributed by atoms with Gasteiger partial charge in [-0.05, 0) is 18.1 Å². The van der Waals surface area contributed by atoms with Crippen LogP contribution in [0.15, 0.2) is 47.6 Å². The summed E-state index contributed by atoms with van der Waals surface area (Å²) in [5, 5.41) is 4.16. The van der Waals surface area contributed by atoms with Crippen molar-refractivity contribution in [2.45, 2.75) is 12.5 Å². The van der Waals surface area contributed by atoms with Crippen LogP contribution in [0.2, 0.25) is 0 Å². The predicted molar refractivity (Wildman–Crippen MR) is 55.1 cm³/mol. The summed E-state index contributed by atoms with van der Waals surface area (Å²) in [6.45, 7) is 0. The summed E-state index contributed by atoms with van der Waals surface area (Å²) in [5.41, 5.74) is 2.28. The van der Waals surface area contributed by atoms with Crippen LogP contribution in [0.1, 0.15) is 12.0 Å². The van der Waals surface area contributed by atoms with Gasteiger partial charge in [0.2, 0.25) is 0 Å². The van der Waals surface area contributed by atoms with Gasteiger partial charge in [-0.3, -0.25) is 0 Å². The largest absolute Gasteiger partial charge is 0.387 e. The van der Waals surface area contributed by atoms with Crippen molar-refractivity contribution in [1.82, 2.24) is 0 Å². The molecule has 0 bridgehead atoms. The van der Waals surface area contributed by atoms with Crippen LogP contribution in [-0.4, -0.2) is 11.8 Å². The van der Waals surface area contributed by atoms with Gasteiger partial charge in [0.15, 0.2) is 6.10 Å². The molecule has 1 aliphatic heterocycles. The van der Waals surface area contributed by atoms with Crippen LogP contribution in [-0.2, 0) is 4.84 Å². The van der Waals surface area contributed by atoms with E-state index in [4.69, 9.17) is 4.84 Å². The van der Waals surface area contributed by atoms with Gasteiger partial charge >= 0.3 is 0 Å². The lowest BCUT2D eigenvalue weighted by molar-refractivity contribution is 0.104. The maximum atomic E-state index is 5.35. The maximum Gasteiger partial charge on any atom is 0.154 e. The summed E-state index contributed by atoms with van der Waals surface area (Å²) in [6, 6.07) is 10.3. The van der Waals surface area contributed by atoms with Crippen molar-refractivity contribution in [1.29, 1.82) is 0 Å². The van der Waals surface area contributed by atoms with Crippen LogP contribution in [0.5, 0.6) is 0 Å². The van der Waals surface area contributed by atoms with Crippen LogP contribution in [0.3, 0.4) is 0 Å². The summed E-state index contributed by atoms with van der Waals surface area (Å²) in [7, 11) is 0. The first-order valence-corrected chi connectivity index (χ1v) is 4.91. The minimum Gasteiger partial charge on any atom is -0.387 e. The fourth-order valence-corrected chi connectivity index (χ4v) is 2.06. The van der Waals surface area contributed by atoms with Crippen LogP contribution in [0.4, 0.5) is 0 Å². The van der Waals surface area contributed by atoms with Gasteiger partial charge in [-0.1, -0.05) is 41.6 Å². The molecule has 1 heterocycles. The molecule has 0 aromatic heterocycles. The van der Waals surface area contributed by atoms with Gasteiger partial charge in [0.05, 0.1) is 11.6 Å². The number of oxime groups is 1. The molecule has 2 aliphatic rings. The molecule has 70 valence electrons. The number of benzene rings is 1. The van der Waals surface area contributed by atoms with E-state index in [0.29, 0.717) is 5.92 Å². The molecule has 0 amide bonds. The Morgan fingerprint density at radius 3 is 2.93 bits per heavy atom. The Labute approximate surface area is 82.9 Å². The van der Waals surface area contributed by atoms with Crippen LogP contribution < -0.4 is 0 Å². The molecule has 0 saturated carbocycles. The molecule has 2 atom stereocenters. The first-order valence-electron chi connectivity index (χ1n) is 4.91. The smallest absolute Gasteiger partial charge is 0.154 e. The molecule has 3 rings (SSSR count). The van der Waals surface area contributed by atoms with Gasteiger partial charge in [0, 0.05) is 0 Å². The van der Waals surface area contributed by atoms with E-state index >= 15 is 0 Å². The molecule has 1 aliphatic carbocycles. The maximum absolute atomic E-state index is 5.35. The lowest BCUT2D eigenvalue weighted by Crippen LogP contribution is -2.17. The Morgan fingerprint density at radius 1 is 1.21 bits per heavy atom. The summed E-state index contributed by atoms with van der Waals surface area (Å²) >= 11 is 0. The van der Waals surface area contributed by atoms with Crippen LogP contribution in [0, 0.1) is 5.92 Å². The average Bonchev–Trinajstić information content (AvgIpc) is 2.79. The quantitative estimate of drug-likeness (QED) is 0.615. The third kappa shape index (κ3) is 1.07. The monoisotopic (exact) mass is 185 g/mol. The van der Waals surface area contributed by atoms with Crippen molar-refractivity contribution in [3.63, 3.8) is 0 Å². The lowest BCUT2D eigenvalue weighted by Gasteiger charge is -2.08. The summed E-state index contributed by atoms with van der Waals surface area (Å²) in [6.07, 6.45) is 5.51. The van der Waals surface area contributed by atoms with Gasteiger partial charge in [-0.2, -0.15) is 0 Å². The minimum absolute atomic E-state index is 0.185. The first-order chi connectivity index (χ1) is 6.95. The lowest BCUT2D eigenvalue weighted by atomic mass is 9.94. The van der Waals surface area contributed by atoms with Gasteiger partial charge in [0.1, 0.15) is 0 Å². The highest BCUT2D eigenvalue weighted by molar-refractivity contribution is 6.03. The number of rotatable bonds is 1. The predicted octanol–water partition coefficient (Wildman–Crippen LogP) is 2.37. The Kier molecular flexibility index (Phi) is 1.66. The van der Waals surface area contributed by atoms with Crippen molar-refractivity contribution < 1.29 is 4.84 Å². The highest BCUT2D eigenvalue weighted by Crippen LogP contribution is 2.31. The summed E-state index contributed by atoms with van der Waals surface area (Å²) < 4.78 is 0. The zero-order valence-electron chi connectivity index (χ0n) is 7.76. The Hall–Kier alpha value is -1.57. The van der Waals surface area contributed by atoms with Gasteiger partial charge in [-0.15, -0.1) is 0 Å². The van der Waals surface area contributed by atoms with E-state index in [0.717, 1.165) is 12.1 Å². The molecule has 0 unspecified atom stereocenters. The number of hydrogen-bond donors (Lipinski definition) is 0. The Bertz CT molecular complexity index is 394. The van der Waals surface area contributed by atoms with Crippen molar-refractivity contribution in [2.24, 2.45) is 11.1 Å². The molecular weight excluding hydrogens is 174 g/mol. The fourth-order valence-electron chi connectivity index (χ4n) is 2.06. The third-order valence-corrected chi connectivity index (χ3v) is 2.81. The van der Waals surface area contributed by atoms with Crippen molar-refractivity contribution in [2.75, 3.05) is 0 Å². The molecule has 0 fully saturated rings. The van der Waals surface area contributed by atoms with Crippen molar-refractivity contribution in [3.8, 4) is 0 Å². The summed E-state index contributed by atoms with van der Waals surface area (Å²) in [5.74, 6) is 0.442. The van der Waals surface area contributed by atoms with Gasteiger partial charge in [0.25, 0.3) is 0 Å². The van der Waals surface area contributed by atoms with Crippen LogP contribution >= 0.6 is 0 Å². The average molecular weight is 185 g/mol. The molecule has 1 aromatic carbocycles. The molecule has 2 heteroatoms. The molecule has 0 N–H and O–H groups in total.